The molecule has 0 bridgehead atoms. The van der Waals surface area contributed by atoms with E-state index in [0.29, 0.717) is 13.0 Å². The highest BCUT2D eigenvalue weighted by Gasteiger charge is 2.56. The van der Waals surface area contributed by atoms with E-state index >= 15 is 0 Å². The number of carbonyl (C=O) groups is 1. The first-order valence-corrected chi connectivity index (χ1v) is 14.4. The van der Waals surface area contributed by atoms with Gasteiger partial charge in [0.15, 0.2) is 0 Å². The fraction of sp³-hybridized carbons (Fsp3) is 0.594. The molecule has 0 radical (unpaired) electrons. The molecule has 0 aliphatic heterocycles. The van der Waals surface area contributed by atoms with Gasteiger partial charge in [0.05, 0.1) is 12.2 Å². The summed E-state index contributed by atoms with van der Waals surface area (Å²) >= 11 is 0. The van der Waals surface area contributed by atoms with Crippen molar-refractivity contribution in [2.75, 3.05) is 6.61 Å². The number of unbranched alkanes of at least 4 members (excludes halogenated alkanes) is 8. The molecule has 0 aromatic heterocycles. The first kappa shape index (κ1) is 30.0. The molecule has 3 rings (SSSR count). The number of alkyl halides is 3. The molecule has 1 aliphatic carbocycles. The van der Waals surface area contributed by atoms with Crippen LogP contribution in [0.15, 0.2) is 48.5 Å². The van der Waals surface area contributed by atoms with Crippen molar-refractivity contribution >= 4 is 5.97 Å². The van der Waals surface area contributed by atoms with Crippen LogP contribution < -0.4 is 4.74 Å². The molecular weight excluding hydrogens is 489 g/mol. The summed E-state index contributed by atoms with van der Waals surface area (Å²) in [6.07, 6.45) is 6.10. The standard InChI is InChI=1S/C32H43F3O3/c1-3-5-7-9-10-12-22-37-28-20-18-25(19-21-28)24-14-16-26(17-15-24)31(36)38-30(32(33,34)35)29-23-27(29)13-11-8-6-4-2/h14-21,27,29-30H,3-13,22-23H2,1-2H3/t27-,29+,30?/m1/s1. The fourth-order valence-electron chi connectivity index (χ4n) is 5.00. The van der Waals surface area contributed by atoms with Gasteiger partial charge in [-0.3, -0.25) is 0 Å². The Kier molecular flexibility index (Phi) is 12.0. The van der Waals surface area contributed by atoms with E-state index < -0.39 is 24.2 Å². The topological polar surface area (TPSA) is 35.5 Å². The zero-order valence-corrected chi connectivity index (χ0v) is 22.9. The molecule has 0 heterocycles. The van der Waals surface area contributed by atoms with Crippen molar-refractivity contribution in [3.8, 4) is 16.9 Å². The lowest BCUT2D eigenvalue weighted by atomic mass is 10.0. The molecule has 1 saturated carbocycles. The number of benzene rings is 2. The highest BCUT2D eigenvalue weighted by Crippen LogP contribution is 2.50. The molecule has 0 amide bonds. The molecule has 2 aromatic carbocycles. The monoisotopic (exact) mass is 532 g/mol. The fourth-order valence-corrected chi connectivity index (χ4v) is 5.00. The lowest BCUT2D eigenvalue weighted by molar-refractivity contribution is -0.211. The second-order valence-corrected chi connectivity index (χ2v) is 10.6. The Labute approximate surface area is 226 Å². The van der Waals surface area contributed by atoms with Gasteiger partial charge >= 0.3 is 12.1 Å². The lowest BCUT2D eigenvalue weighted by Gasteiger charge is -2.21. The Hall–Kier alpha value is -2.50. The summed E-state index contributed by atoms with van der Waals surface area (Å²) in [6.45, 7) is 5.01. The number of hydrogen-bond acceptors (Lipinski definition) is 3. The Morgan fingerprint density at radius 1 is 0.816 bits per heavy atom. The van der Waals surface area contributed by atoms with Crippen LogP contribution in [-0.2, 0) is 4.74 Å². The van der Waals surface area contributed by atoms with E-state index in [1.807, 2.05) is 24.3 Å². The number of carbonyl (C=O) groups excluding carboxylic acids is 1. The minimum atomic E-state index is -4.56. The van der Waals surface area contributed by atoms with Gasteiger partial charge in [0.25, 0.3) is 0 Å². The molecule has 2 aromatic rings. The maximum atomic E-state index is 13.7. The zero-order valence-electron chi connectivity index (χ0n) is 22.9. The first-order chi connectivity index (χ1) is 18.3. The van der Waals surface area contributed by atoms with Crippen LogP contribution in [0.4, 0.5) is 13.2 Å². The Morgan fingerprint density at radius 3 is 1.97 bits per heavy atom. The SMILES string of the molecule is CCCCCCCCOc1ccc(-c2ccc(C(=O)OC([C@H]3C[C@H]3CCCCCC)C(F)(F)F)cc2)cc1. The second kappa shape index (κ2) is 15.2. The van der Waals surface area contributed by atoms with E-state index in [-0.39, 0.29) is 11.5 Å². The van der Waals surface area contributed by atoms with Crippen molar-refractivity contribution in [2.45, 2.75) is 103 Å². The Balaban J connectivity index is 1.49. The van der Waals surface area contributed by atoms with E-state index in [4.69, 9.17) is 9.47 Å². The van der Waals surface area contributed by atoms with Crippen molar-refractivity contribution in [1.29, 1.82) is 0 Å². The molecule has 3 nitrogen and oxygen atoms in total. The van der Waals surface area contributed by atoms with Crippen LogP contribution >= 0.6 is 0 Å². The predicted molar refractivity (Wildman–Crippen MR) is 146 cm³/mol. The Bertz CT molecular complexity index is 953. The first-order valence-electron chi connectivity index (χ1n) is 14.4. The third kappa shape index (κ3) is 9.67. The van der Waals surface area contributed by atoms with Gasteiger partial charge < -0.3 is 9.47 Å². The molecule has 6 heteroatoms. The summed E-state index contributed by atoms with van der Waals surface area (Å²) in [5.74, 6) is -0.744. The normalized spacial score (nSPS) is 17.7. The molecule has 3 atom stereocenters. The van der Waals surface area contributed by atoms with E-state index in [9.17, 15) is 18.0 Å². The van der Waals surface area contributed by atoms with Crippen LogP contribution in [0, 0.1) is 11.8 Å². The summed E-state index contributed by atoms with van der Waals surface area (Å²) in [4.78, 5) is 12.6. The van der Waals surface area contributed by atoms with Crippen LogP contribution in [0.25, 0.3) is 11.1 Å². The molecule has 1 aliphatic rings. The number of ether oxygens (including phenoxy) is 2. The van der Waals surface area contributed by atoms with E-state index in [0.717, 1.165) is 55.4 Å². The third-order valence-corrected chi connectivity index (χ3v) is 7.43. The largest absolute Gasteiger partial charge is 0.494 e. The molecule has 0 saturated heterocycles. The smallest absolute Gasteiger partial charge is 0.425 e. The summed E-state index contributed by atoms with van der Waals surface area (Å²) in [7, 11) is 0. The van der Waals surface area contributed by atoms with E-state index in [1.165, 1.54) is 44.2 Å². The van der Waals surface area contributed by atoms with Gasteiger partial charge in [-0.2, -0.15) is 13.2 Å². The van der Waals surface area contributed by atoms with Gasteiger partial charge in [-0.1, -0.05) is 102 Å². The second-order valence-electron chi connectivity index (χ2n) is 10.6. The third-order valence-electron chi connectivity index (χ3n) is 7.43. The number of esters is 1. The number of rotatable bonds is 17. The molecule has 1 unspecified atom stereocenters. The lowest BCUT2D eigenvalue weighted by Crippen LogP contribution is -2.36. The van der Waals surface area contributed by atoms with Crippen LogP contribution in [-0.4, -0.2) is 24.9 Å². The minimum absolute atomic E-state index is 0.00796. The van der Waals surface area contributed by atoms with Gasteiger partial charge in [-0.25, -0.2) is 4.79 Å². The highest BCUT2D eigenvalue weighted by atomic mass is 19.4. The average molecular weight is 533 g/mol. The van der Waals surface area contributed by atoms with Gasteiger partial charge in [-0.05, 0) is 54.2 Å². The van der Waals surface area contributed by atoms with Crippen molar-refractivity contribution < 1.29 is 27.4 Å². The van der Waals surface area contributed by atoms with Gasteiger partial charge in [-0.15, -0.1) is 0 Å². The van der Waals surface area contributed by atoms with Crippen molar-refractivity contribution in [3.05, 3.63) is 54.1 Å². The van der Waals surface area contributed by atoms with Crippen LogP contribution in [0.3, 0.4) is 0 Å². The van der Waals surface area contributed by atoms with E-state index in [1.54, 1.807) is 12.1 Å². The quantitative estimate of drug-likeness (QED) is 0.150. The van der Waals surface area contributed by atoms with Crippen LogP contribution in [0.1, 0.15) is 101 Å². The molecular formula is C32H43F3O3. The van der Waals surface area contributed by atoms with Crippen molar-refractivity contribution in [3.63, 3.8) is 0 Å². The summed E-state index contributed by atoms with van der Waals surface area (Å²) in [6, 6.07) is 14.2. The molecule has 38 heavy (non-hydrogen) atoms. The average Bonchev–Trinajstić information content (AvgIpc) is 3.68. The maximum Gasteiger partial charge on any atom is 0.425 e. The molecule has 0 spiro atoms. The maximum absolute atomic E-state index is 13.7. The van der Waals surface area contributed by atoms with Gasteiger partial charge in [0, 0.05) is 5.92 Å². The number of hydrogen-bond donors (Lipinski definition) is 0. The van der Waals surface area contributed by atoms with Crippen LogP contribution in [0.2, 0.25) is 0 Å². The van der Waals surface area contributed by atoms with E-state index in [2.05, 4.69) is 13.8 Å². The Morgan fingerprint density at radius 2 is 1.37 bits per heavy atom. The van der Waals surface area contributed by atoms with Crippen molar-refractivity contribution in [2.24, 2.45) is 11.8 Å². The zero-order chi connectivity index (χ0) is 27.4. The van der Waals surface area contributed by atoms with Crippen LogP contribution in [0.5, 0.6) is 5.75 Å². The van der Waals surface area contributed by atoms with Gasteiger partial charge in [0.1, 0.15) is 5.75 Å². The minimum Gasteiger partial charge on any atom is -0.494 e. The summed E-state index contributed by atoms with van der Waals surface area (Å²) < 4.78 is 52.0. The molecule has 210 valence electrons. The summed E-state index contributed by atoms with van der Waals surface area (Å²) in [5, 5.41) is 0. The van der Waals surface area contributed by atoms with Crippen molar-refractivity contribution in [1.82, 2.24) is 0 Å². The summed E-state index contributed by atoms with van der Waals surface area (Å²) in [5.41, 5.74) is 1.93. The molecule has 0 N–H and O–H groups in total. The number of halogens is 3. The molecule has 1 fully saturated rings. The van der Waals surface area contributed by atoms with Gasteiger partial charge in [0.2, 0.25) is 6.10 Å². The highest BCUT2D eigenvalue weighted by molar-refractivity contribution is 5.90. The predicted octanol–water partition coefficient (Wildman–Crippen LogP) is 9.79.